The van der Waals surface area contributed by atoms with Gasteiger partial charge in [0.1, 0.15) is 23.3 Å². The predicted octanol–water partition coefficient (Wildman–Crippen LogP) is 9.79. The molecule has 1 aliphatic heterocycles. The monoisotopic (exact) mass is 669 g/mol. The number of hydrogen-bond donors (Lipinski definition) is 0. The molecule has 0 amide bonds. The third-order valence-electron chi connectivity index (χ3n) is 7.94. The van der Waals surface area contributed by atoms with Gasteiger partial charge in [-0.25, -0.2) is 4.39 Å². The zero-order valence-corrected chi connectivity index (χ0v) is 25.2. The Kier molecular flexibility index (Phi) is 9.02. The summed E-state index contributed by atoms with van der Waals surface area (Å²) in [6, 6.07) is 4.54. The Balaban J connectivity index is 1.88. The van der Waals surface area contributed by atoms with Crippen LogP contribution >= 0.6 is 50.7 Å². The predicted molar refractivity (Wildman–Crippen MR) is 149 cm³/mol. The molecule has 212 valence electrons. The lowest BCUT2D eigenvalue weighted by Crippen LogP contribution is -2.53. The van der Waals surface area contributed by atoms with Crippen LogP contribution in [0.25, 0.3) is 0 Å². The smallest absolute Gasteiger partial charge is 0.404 e. The Labute approximate surface area is 248 Å². The van der Waals surface area contributed by atoms with Crippen molar-refractivity contribution in [2.75, 3.05) is 0 Å². The lowest BCUT2D eigenvalue weighted by Gasteiger charge is -2.40. The van der Waals surface area contributed by atoms with Gasteiger partial charge in [0.25, 0.3) is 0 Å². The van der Waals surface area contributed by atoms with Crippen LogP contribution in [0, 0.1) is 29.5 Å². The van der Waals surface area contributed by atoms with E-state index in [4.69, 9.17) is 39.5 Å². The molecule has 1 saturated carbocycles. The van der Waals surface area contributed by atoms with Crippen molar-refractivity contribution in [2.45, 2.75) is 63.8 Å². The van der Waals surface area contributed by atoms with Gasteiger partial charge in [-0.1, -0.05) is 68.1 Å². The first-order valence-electron chi connectivity index (χ1n) is 12.6. The van der Waals surface area contributed by atoms with Crippen LogP contribution in [0.3, 0.4) is 0 Å². The number of ether oxygens (including phenoxy) is 1. The summed E-state index contributed by atoms with van der Waals surface area (Å²) in [5.74, 6) is -3.09. The van der Waals surface area contributed by atoms with Gasteiger partial charge in [-0.15, -0.1) is 0 Å². The molecule has 0 aromatic heterocycles. The van der Waals surface area contributed by atoms with Gasteiger partial charge in [0, 0.05) is 6.21 Å². The van der Waals surface area contributed by atoms with Crippen molar-refractivity contribution < 1.29 is 27.1 Å². The summed E-state index contributed by atoms with van der Waals surface area (Å²) in [6.07, 6.45) is -2.54. The van der Waals surface area contributed by atoms with E-state index in [-0.39, 0.29) is 48.4 Å². The zero-order chi connectivity index (χ0) is 28.9. The van der Waals surface area contributed by atoms with Gasteiger partial charge in [-0.05, 0) is 81.9 Å². The summed E-state index contributed by atoms with van der Waals surface area (Å²) in [7, 11) is 0. The number of carbonyl (C=O) groups excluding carboxylic acids is 1. The van der Waals surface area contributed by atoms with Crippen molar-refractivity contribution in [3.8, 4) is 0 Å². The molecule has 11 heteroatoms. The molecule has 2 aromatic carbocycles. The molecule has 0 saturated heterocycles. The number of nitrogens with zero attached hydrogens (tertiary/aromatic N) is 1. The second-order valence-corrected chi connectivity index (χ2v) is 12.8. The molecule has 3 nitrogen and oxygen atoms in total. The second kappa shape index (κ2) is 11.5. The highest BCUT2D eigenvalue weighted by Gasteiger charge is 2.67. The molecule has 1 fully saturated rings. The maximum Gasteiger partial charge on any atom is 0.404 e. The van der Waals surface area contributed by atoms with Crippen LogP contribution in [0.15, 0.2) is 39.8 Å². The van der Waals surface area contributed by atoms with Crippen molar-refractivity contribution in [1.82, 2.24) is 0 Å². The van der Waals surface area contributed by atoms with Gasteiger partial charge < -0.3 is 4.74 Å². The molecule has 0 bridgehead atoms. The number of alkyl halides is 3. The fraction of sp³-hybridized carbons (Fsp3) is 0.500. The third kappa shape index (κ3) is 5.73. The Hall–Kier alpha value is -1.35. The van der Waals surface area contributed by atoms with Gasteiger partial charge in [0.15, 0.2) is 0 Å². The normalized spacial score (nSPS) is 29.2. The van der Waals surface area contributed by atoms with Gasteiger partial charge in [-0.3, -0.25) is 9.79 Å². The fourth-order valence-electron chi connectivity index (χ4n) is 5.84. The fourth-order valence-corrected chi connectivity index (χ4v) is 6.83. The number of aliphatic imine (C=N–C) groups is 1. The van der Waals surface area contributed by atoms with E-state index in [2.05, 4.69) is 20.9 Å². The molecule has 39 heavy (non-hydrogen) atoms. The first-order valence-corrected chi connectivity index (χ1v) is 14.5. The van der Waals surface area contributed by atoms with Crippen LogP contribution in [0.4, 0.5) is 17.6 Å². The molecule has 1 unspecified atom stereocenters. The van der Waals surface area contributed by atoms with Gasteiger partial charge in [-0.2, -0.15) is 13.2 Å². The molecular formula is C28H27BrCl3F4NO2. The Morgan fingerprint density at radius 3 is 2.33 bits per heavy atom. The van der Waals surface area contributed by atoms with Crippen molar-refractivity contribution >= 4 is 62.9 Å². The molecule has 0 radical (unpaired) electrons. The van der Waals surface area contributed by atoms with Gasteiger partial charge in [0.05, 0.1) is 25.6 Å². The van der Waals surface area contributed by atoms with Crippen LogP contribution in [0.2, 0.25) is 15.1 Å². The zero-order valence-electron chi connectivity index (χ0n) is 21.3. The van der Waals surface area contributed by atoms with Crippen molar-refractivity contribution in [3.05, 3.63) is 66.8 Å². The minimum Gasteiger partial charge on any atom is -0.462 e. The van der Waals surface area contributed by atoms with E-state index < -0.39 is 41.4 Å². The Bertz CT molecular complexity index is 1260. The minimum atomic E-state index is -5.01. The van der Waals surface area contributed by atoms with Crippen molar-refractivity contribution in [3.63, 3.8) is 0 Å². The number of halogens is 8. The largest absolute Gasteiger partial charge is 0.462 e. The van der Waals surface area contributed by atoms with E-state index >= 15 is 13.2 Å². The van der Waals surface area contributed by atoms with E-state index in [1.54, 1.807) is 0 Å². The number of hydrogen-bond acceptors (Lipinski definition) is 3. The molecule has 0 N–H and O–H groups in total. The van der Waals surface area contributed by atoms with Crippen molar-refractivity contribution in [2.24, 2.45) is 28.7 Å². The van der Waals surface area contributed by atoms with E-state index in [0.717, 1.165) is 37.3 Å². The van der Waals surface area contributed by atoms with Crippen LogP contribution in [-0.2, 0) is 14.9 Å². The molecular weight excluding hydrogens is 645 g/mol. The average Bonchev–Trinajstić information content (AvgIpc) is 3.26. The lowest BCUT2D eigenvalue weighted by atomic mass is 9.68. The van der Waals surface area contributed by atoms with Crippen LogP contribution in [0.5, 0.6) is 0 Å². The lowest BCUT2D eigenvalue weighted by molar-refractivity contribution is -0.197. The van der Waals surface area contributed by atoms with Crippen LogP contribution in [0.1, 0.15) is 57.2 Å². The maximum absolute atomic E-state index is 15.3. The Morgan fingerprint density at radius 2 is 1.77 bits per heavy atom. The van der Waals surface area contributed by atoms with Crippen molar-refractivity contribution in [1.29, 1.82) is 0 Å². The summed E-state index contributed by atoms with van der Waals surface area (Å²) in [4.78, 5) is 18.2. The summed E-state index contributed by atoms with van der Waals surface area (Å²) in [5, 5.41) is -0.502. The topological polar surface area (TPSA) is 38.7 Å². The summed E-state index contributed by atoms with van der Waals surface area (Å²) in [6.45, 7) is 6.06. The molecule has 0 spiro atoms. The summed E-state index contributed by atoms with van der Waals surface area (Å²) < 4.78 is 65.9. The molecule has 2 aromatic rings. The van der Waals surface area contributed by atoms with E-state index in [1.807, 2.05) is 20.8 Å². The molecule has 4 rings (SSSR count). The SMILES string of the molecule is CC(C)C1CC[C@@H](C)C[C@H]1OC(=O)[C@@H]1[C@@H](c2ccc(F)c(Br)c2)N=C[C@@]1(c1cc(Cl)c(Cl)c(Cl)c1)C(F)(F)F. The van der Waals surface area contributed by atoms with Gasteiger partial charge >= 0.3 is 12.1 Å². The van der Waals surface area contributed by atoms with E-state index in [1.165, 1.54) is 12.1 Å². The number of esters is 1. The van der Waals surface area contributed by atoms with Crippen LogP contribution < -0.4 is 0 Å². The third-order valence-corrected chi connectivity index (χ3v) is 9.75. The number of carbonyl (C=O) groups is 1. The highest BCUT2D eigenvalue weighted by atomic mass is 79.9. The quantitative estimate of drug-likeness (QED) is 0.180. The molecule has 1 aliphatic carbocycles. The maximum atomic E-state index is 15.3. The summed E-state index contributed by atoms with van der Waals surface area (Å²) >= 11 is 21.5. The Morgan fingerprint density at radius 1 is 1.13 bits per heavy atom. The number of benzene rings is 2. The minimum absolute atomic E-state index is 0.00518. The standard InChI is InChI=1S/C28H27BrCl3F4NO2/c1-13(2)17-6-4-14(3)8-22(17)39-26(38)23-25(15-5-7-21(33)18(29)9-15)37-12-27(23,28(34,35)36)16-10-19(30)24(32)20(31)11-16/h5,7,9-14,17,22-23,25H,4,6,8H2,1-3H3/t14-,17?,22-,23+,25-,27+/m1/s1. The van der Waals surface area contributed by atoms with Gasteiger partial charge in [0.2, 0.25) is 0 Å². The number of rotatable bonds is 5. The average molecular weight is 672 g/mol. The second-order valence-electron chi connectivity index (χ2n) is 10.8. The molecule has 2 aliphatic rings. The van der Waals surface area contributed by atoms with Crippen LogP contribution in [-0.4, -0.2) is 24.5 Å². The van der Waals surface area contributed by atoms with E-state index in [0.29, 0.717) is 6.42 Å². The highest BCUT2D eigenvalue weighted by Crippen LogP contribution is 2.56. The molecule has 1 heterocycles. The highest BCUT2D eigenvalue weighted by molar-refractivity contribution is 9.10. The summed E-state index contributed by atoms with van der Waals surface area (Å²) in [5.41, 5.74) is -3.10. The first-order chi connectivity index (χ1) is 18.2. The first kappa shape index (κ1) is 30.6. The van der Waals surface area contributed by atoms with E-state index in [9.17, 15) is 9.18 Å². The molecule has 6 atom stereocenters.